The van der Waals surface area contributed by atoms with Crippen molar-refractivity contribution in [3.05, 3.63) is 26.9 Å². The minimum atomic E-state index is -0.405. The number of hydrogen-bond donors (Lipinski definition) is 1. The van der Waals surface area contributed by atoms with Gasteiger partial charge < -0.3 is 10.1 Å². The SMILES string of the molecule is O=[N+]([O-])c1cc(Br)cnc1NC1CCOC(C2CC2)C1. The molecule has 2 aliphatic rings. The van der Waals surface area contributed by atoms with Crippen molar-refractivity contribution in [1.29, 1.82) is 0 Å². The zero-order valence-electron chi connectivity index (χ0n) is 10.9. The normalized spacial score (nSPS) is 26.2. The van der Waals surface area contributed by atoms with E-state index >= 15 is 0 Å². The van der Waals surface area contributed by atoms with Crippen LogP contribution >= 0.6 is 15.9 Å². The van der Waals surface area contributed by atoms with E-state index in [1.54, 1.807) is 6.20 Å². The van der Waals surface area contributed by atoms with Gasteiger partial charge in [0.05, 0.1) is 11.0 Å². The highest BCUT2D eigenvalue weighted by atomic mass is 79.9. The van der Waals surface area contributed by atoms with Gasteiger partial charge >= 0.3 is 5.69 Å². The van der Waals surface area contributed by atoms with Crippen LogP contribution in [0.3, 0.4) is 0 Å². The number of hydrogen-bond acceptors (Lipinski definition) is 5. The van der Waals surface area contributed by atoms with Gasteiger partial charge in [-0.15, -0.1) is 0 Å². The van der Waals surface area contributed by atoms with Gasteiger partial charge in [-0.25, -0.2) is 4.98 Å². The van der Waals surface area contributed by atoms with Gasteiger partial charge in [0, 0.05) is 29.4 Å². The van der Waals surface area contributed by atoms with Crippen molar-refractivity contribution in [1.82, 2.24) is 4.98 Å². The Morgan fingerprint density at radius 3 is 2.95 bits per heavy atom. The minimum absolute atomic E-state index is 0.00818. The van der Waals surface area contributed by atoms with Crippen molar-refractivity contribution >= 4 is 27.4 Å². The molecule has 1 saturated carbocycles. The number of pyridine rings is 1. The molecular weight excluding hydrogens is 326 g/mol. The number of rotatable bonds is 4. The average molecular weight is 342 g/mol. The molecule has 108 valence electrons. The molecule has 1 aromatic heterocycles. The molecule has 2 atom stereocenters. The van der Waals surface area contributed by atoms with Crippen LogP contribution < -0.4 is 5.32 Å². The van der Waals surface area contributed by atoms with Crippen molar-refractivity contribution in [2.45, 2.75) is 37.8 Å². The standard InChI is InChI=1S/C13H16BrN3O3/c14-9-5-11(17(18)19)13(15-7-9)16-10-3-4-20-12(6-10)8-1-2-8/h5,7-8,10,12H,1-4,6H2,(H,15,16). The lowest BCUT2D eigenvalue weighted by Gasteiger charge is -2.30. The van der Waals surface area contributed by atoms with Gasteiger partial charge in [-0.2, -0.15) is 0 Å². The Kier molecular flexibility index (Phi) is 3.89. The van der Waals surface area contributed by atoms with Gasteiger partial charge in [-0.1, -0.05) is 0 Å². The molecule has 1 aliphatic heterocycles. The van der Waals surface area contributed by atoms with Crippen molar-refractivity contribution in [2.75, 3.05) is 11.9 Å². The monoisotopic (exact) mass is 341 g/mol. The number of ether oxygens (including phenoxy) is 1. The van der Waals surface area contributed by atoms with Gasteiger partial charge in [0.1, 0.15) is 0 Å². The summed E-state index contributed by atoms with van der Waals surface area (Å²) in [5.74, 6) is 1.03. The lowest BCUT2D eigenvalue weighted by molar-refractivity contribution is -0.384. The molecule has 0 aromatic carbocycles. The summed E-state index contributed by atoms with van der Waals surface area (Å²) in [6.45, 7) is 0.711. The molecule has 6 nitrogen and oxygen atoms in total. The lowest BCUT2D eigenvalue weighted by atomic mass is 10.00. The Bertz CT molecular complexity index is 522. The van der Waals surface area contributed by atoms with E-state index in [4.69, 9.17) is 4.74 Å². The molecule has 7 heteroatoms. The number of nitro groups is 1. The molecule has 0 spiro atoms. The third-order valence-electron chi connectivity index (χ3n) is 3.83. The molecule has 20 heavy (non-hydrogen) atoms. The molecule has 1 aromatic rings. The van der Waals surface area contributed by atoms with Gasteiger partial charge in [-0.3, -0.25) is 10.1 Å². The summed E-state index contributed by atoms with van der Waals surface area (Å²) in [5.41, 5.74) is 0.00818. The maximum atomic E-state index is 11.1. The Balaban J connectivity index is 1.71. The fourth-order valence-electron chi connectivity index (χ4n) is 2.63. The average Bonchev–Trinajstić information content (AvgIpc) is 3.25. The highest BCUT2D eigenvalue weighted by Crippen LogP contribution is 2.39. The van der Waals surface area contributed by atoms with E-state index in [1.165, 1.54) is 18.9 Å². The Morgan fingerprint density at radius 2 is 2.25 bits per heavy atom. The van der Waals surface area contributed by atoms with Crippen LogP contribution in [0.2, 0.25) is 0 Å². The van der Waals surface area contributed by atoms with E-state index in [9.17, 15) is 10.1 Å². The summed E-state index contributed by atoms with van der Waals surface area (Å²) >= 11 is 3.21. The summed E-state index contributed by atoms with van der Waals surface area (Å²) in [5, 5.41) is 14.3. The number of nitrogens with zero attached hydrogens (tertiary/aromatic N) is 2. The molecule has 2 unspecified atom stereocenters. The molecule has 0 radical (unpaired) electrons. The van der Waals surface area contributed by atoms with Crippen LogP contribution in [0.5, 0.6) is 0 Å². The first-order chi connectivity index (χ1) is 9.63. The van der Waals surface area contributed by atoms with E-state index in [-0.39, 0.29) is 11.7 Å². The predicted molar refractivity (Wildman–Crippen MR) is 77.7 cm³/mol. The molecule has 0 amide bonds. The summed E-state index contributed by atoms with van der Waals surface area (Å²) in [7, 11) is 0. The van der Waals surface area contributed by atoms with E-state index < -0.39 is 4.92 Å². The van der Waals surface area contributed by atoms with Crippen molar-refractivity contribution in [3.8, 4) is 0 Å². The van der Waals surface area contributed by atoms with Crippen LogP contribution in [0, 0.1) is 16.0 Å². The van der Waals surface area contributed by atoms with Crippen molar-refractivity contribution < 1.29 is 9.66 Å². The predicted octanol–water partition coefficient (Wildman–Crippen LogP) is 3.12. The summed E-state index contributed by atoms with van der Waals surface area (Å²) < 4.78 is 6.37. The molecule has 1 saturated heterocycles. The number of anilines is 1. The third-order valence-corrected chi connectivity index (χ3v) is 4.27. The Morgan fingerprint density at radius 1 is 1.45 bits per heavy atom. The van der Waals surface area contributed by atoms with Crippen LogP contribution in [0.25, 0.3) is 0 Å². The third kappa shape index (κ3) is 3.09. The van der Waals surface area contributed by atoms with Crippen LogP contribution in [0.1, 0.15) is 25.7 Å². The smallest absolute Gasteiger partial charge is 0.312 e. The second-order valence-electron chi connectivity index (χ2n) is 5.39. The molecular formula is C13H16BrN3O3. The summed E-state index contributed by atoms with van der Waals surface area (Å²) in [6, 6.07) is 1.68. The summed E-state index contributed by atoms with van der Waals surface area (Å²) in [4.78, 5) is 14.8. The maximum absolute atomic E-state index is 11.1. The zero-order chi connectivity index (χ0) is 14.1. The Labute approximate surface area is 125 Å². The highest BCUT2D eigenvalue weighted by Gasteiger charge is 2.36. The van der Waals surface area contributed by atoms with E-state index in [0.29, 0.717) is 28.9 Å². The van der Waals surface area contributed by atoms with Crippen molar-refractivity contribution in [2.24, 2.45) is 5.92 Å². The second-order valence-corrected chi connectivity index (χ2v) is 6.31. The number of aromatic nitrogens is 1. The first-order valence-corrected chi connectivity index (χ1v) is 7.61. The maximum Gasteiger partial charge on any atom is 0.312 e. The van der Waals surface area contributed by atoms with Crippen LogP contribution in [0.15, 0.2) is 16.7 Å². The van der Waals surface area contributed by atoms with Gasteiger partial charge in [-0.05, 0) is 47.5 Å². The van der Waals surface area contributed by atoms with E-state index in [2.05, 4.69) is 26.2 Å². The van der Waals surface area contributed by atoms with Gasteiger partial charge in [0.15, 0.2) is 0 Å². The minimum Gasteiger partial charge on any atom is -0.378 e. The topological polar surface area (TPSA) is 77.3 Å². The number of halogens is 1. The molecule has 0 bridgehead atoms. The fourth-order valence-corrected chi connectivity index (χ4v) is 2.95. The molecule has 2 fully saturated rings. The zero-order valence-corrected chi connectivity index (χ0v) is 12.5. The number of nitrogens with one attached hydrogen (secondary N) is 1. The van der Waals surface area contributed by atoms with Crippen LogP contribution in [-0.4, -0.2) is 28.7 Å². The molecule has 1 N–H and O–H groups in total. The molecule has 3 rings (SSSR count). The van der Waals surface area contributed by atoms with Crippen molar-refractivity contribution in [3.63, 3.8) is 0 Å². The fraction of sp³-hybridized carbons (Fsp3) is 0.615. The first-order valence-electron chi connectivity index (χ1n) is 6.81. The molecule has 2 heterocycles. The van der Waals surface area contributed by atoms with Gasteiger partial charge in [0.25, 0.3) is 0 Å². The Hall–Kier alpha value is -1.21. The molecule has 1 aliphatic carbocycles. The quantitative estimate of drug-likeness (QED) is 0.672. The van der Waals surface area contributed by atoms with E-state index in [1.807, 2.05) is 0 Å². The summed E-state index contributed by atoms with van der Waals surface area (Å²) in [6.07, 6.45) is 6.13. The van der Waals surface area contributed by atoms with Crippen LogP contribution in [-0.2, 0) is 4.74 Å². The first kappa shape index (κ1) is 13.8. The second kappa shape index (κ2) is 5.65. The lowest BCUT2D eigenvalue weighted by Crippen LogP contribution is -2.35. The van der Waals surface area contributed by atoms with E-state index in [0.717, 1.165) is 12.8 Å². The largest absolute Gasteiger partial charge is 0.378 e. The highest BCUT2D eigenvalue weighted by molar-refractivity contribution is 9.10. The van der Waals surface area contributed by atoms with Gasteiger partial charge in [0.2, 0.25) is 5.82 Å². The van der Waals surface area contributed by atoms with Crippen LogP contribution in [0.4, 0.5) is 11.5 Å².